The molecule has 2 heterocycles. The van der Waals surface area contributed by atoms with Crippen molar-refractivity contribution < 1.29 is 19.8 Å². The number of halogens is 2. The minimum atomic E-state index is -0.817. The zero-order chi connectivity index (χ0) is 21.4. The number of Topliss-reactive ketones (excluding diaryl/α,β-unsaturated/α-hetero) is 1. The number of amides is 1. The van der Waals surface area contributed by atoms with Gasteiger partial charge in [-0.3, -0.25) is 9.59 Å². The molecule has 5 nitrogen and oxygen atoms in total. The van der Waals surface area contributed by atoms with Gasteiger partial charge in [-0.25, -0.2) is 0 Å². The van der Waals surface area contributed by atoms with Crippen LogP contribution in [0.4, 0.5) is 0 Å². The molecule has 0 saturated carbocycles. The van der Waals surface area contributed by atoms with Crippen molar-refractivity contribution in [3.05, 3.63) is 91.6 Å². The van der Waals surface area contributed by atoms with Gasteiger partial charge in [-0.05, 0) is 47.3 Å². The minimum Gasteiger partial charge on any atom is -0.508 e. The van der Waals surface area contributed by atoms with Gasteiger partial charge in [0.2, 0.25) is 0 Å². The Labute approximate surface area is 186 Å². The molecular formula is C22H15Cl2NO4S. The zero-order valence-corrected chi connectivity index (χ0v) is 17.7. The Bertz CT molecular complexity index is 1160. The lowest BCUT2D eigenvalue weighted by Gasteiger charge is -2.25. The minimum absolute atomic E-state index is 0.0411. The van der Waals surface area contributed by atoms with Crippen molar-refractivity contribution in [2.75, 3.05) is 0 Å². The summed E-state index contributed by atoms with van der Waals surface area (Å²) in [6, 6.07) is 13.6. The molecule has 8 heteroatoms. The van der Waals surface area contributed by atoms with Crippen molar-refractivity contribution in [1.29, 1.82) is 0 Å². The fourth-order valence-electron chi connectivity index (χ4n) is 3.42. The van der Waals surface area contributed by atoms with Gasteiger partial charge >= 0.3 is 0 Å². The summed E-state index contributed by atoms with van der Waals surface area (Å²) in [4.78, 5) is 28.2. The number of benzene rings is 2. The van der Waals surface area contributed by atoms with Crippen LogP contribution < -0.4 is 0 Å². The third-order valence-electron chi connectivity index (χ3n) is 4.85. The average Bonchev–Trinajstić information content (AvgIpc) is 3.33. The molecule has 0 aliphatic carbocycles. The monoisotopic (exact) mass is 459 g/mol. The molecule has 1 aromatic heterocycles. The van der Waals surface area contributed by atoms with Crippen molar-refractivity contribution in [3.8, 4) is 5.75 Å². The smallest absolute Gasteiger partial charge is 0.295 e. The van der Waals surface area contributed by atoms with Crippen LogP contribution in [0.25, 0.3) is 5.76 Å². The lowest BCUT2D eigenvalue weighted by Crippen LogP contribution is -2.28. The van der Waals surface area contributed by atoms with E-state index in [1.165, 1.54) is 46.6 Å². The fraction of sp³-hybridized carbons (Fsp3) is 0.0909. The number of phenols is 1. The summed E-state index contributed by atoms with van der Waals surface area (Å²) >= 11 is 13.5. The van der Waals surface area contributed by atoms with Crippen LogP contribution >= 0.6 is 34.5 Å². The van der Waals surface area contributed by atoms with E-state index in [2.05, 4.69) is 0 Å². The van der Waals surface area contributed by atoms with Crippen LogP contribution in [0.15, 0.2) is 65.6 Å². The molecular weight excluding hydrogens is 445 g/mol. The first-order valence-electron chi connectivity index (χ1n) is 8.92. The van der Waals surface area contributed by atoms with Gasteiger partial charge in [0.25, 0.3) is 11.7 Å². The Morgan fingerprint density at radius 3 is 2.40 bits per heavy atom. The highest BCUT2D eigenvalue weighted by Gasteiger charge is 2.46. The molecule has 1 fully saturated rings. The molecule has 1 amide bonds. The molecule has 0 spiro atoms. The summed E-state index contributed by atoms with van der Waals surface area (Å²) in [5.74, 6) is -1.77. The molecule has 0 bridgehead atoms. The second-order valence-corrected chi connectivity index (χ2v) is 8.57. The predicted octanol–water partition coefficient (Wildman–Crippen LogP) is 5.38. The van der Waals surface area contributed by atoms with E-state index in [4.69, 9.17) is 23.2 Å². The molecule has 1 atom stereocenters. The maximum absolute atomic E-state index is 12.9. The first-order chi connectivity index (χ1) is 14.4. The van der Waals surface area contributed by atoms with Crippen molar-refractivity contribution in [2.24, 2.45) is 0 Å². The largest absolute Gasteiger partial charge is 0.508 e. The normalized spacial score (nSPS) is 18.2. The van der Waals surface area contributed by atoms with Crippen LogP contribution in [0, 0.1) is 0 Å². The van der Waals surface area contributed by atoms with Gasteiger partial charge in [-0.1, -0.05) is 41.4 Å². The maximum Gasteiger partial charge on any atom is 0.295 e. The quantitative estimate of drug-likeness (QED) is 0.311. The van der Waals surface area contributed by atoms with Crippen molar-refractivity contribution in [2.45, 2.75) is 12.6 Å². The third-order valence-corrected chi connectivity index (χ3v) is 6.45. The van der Waals surface area contributed by atoms with Crippen LogP contribution in [-0.4, -0.2) is 26.8 Å². The molecule has 152 valence electrons. The third kappa shape index (κ3) is 3.69. The van der Waals surface area contributed by atoms with Crippen LogP contribution in [-0.2, 0) is 16.1 Å². The van der Waals surface area contributed by atoms with E-state index in [1.54, 1.807) is 12.1 Å². The number of aromatic hydroxyl groups is 1. The second kappa shape index (κ2) is 8.14. The average molecular weight is 460 g/mol. The molecule has 2 aromatic carbocycles. The van der Waals surface area contributed by atoms with E-state index in [9.17, 15) is 19.8 Å². The number of aliphatic hydroxyl groups excluding tert-OH is 1. The molecule has 2 N–H and O–H groups in total. The summed E-state index contributed by atoms with van der Waals surface area (Å²) in [7, 11) is 0. The highest BCUT2D eigenvalue weighted by Crippen LogP contribution is 2.41. The molecule has 4 rings (SSSR count). The summed E-state index contributed by atoms with van der Waals surface area (Å²) < 4.78 is 0. The van der Waals surface area contributed by atoms with Gasteiger partial charge in [0, 0.05) is 10.4 Å². The van der Waals surface area contributed by atoms with Crippen molar-refractivity contribution >= 4 is 52.0 Å². The van der Waals surface area contributed by atoms with Crippen LogP contribution in [0.5, 0.6) is 5.75 Å². The molecule has 1 aliphatic heterocycles. The SMILES string of the molecule is O=C1C(=O)N(Cc2cccs2)C(c2ccc(O)cc2)/C1=C(/O)c1ccc(Cl)c(Cl)c1. The highest BCUT2D eigenvalue weighted by atomic mass is 35.5. The summed E-state index contributed by atoms with van der Waals surface area (Å²) in [6.07, 6.45) is 0. The van der Waals surface area contributed by atoms with E-state index in [0.29, 0.717) is 10.6 Å². The van der Waals surface area contributed by atoms with Crippen molar-refractivity contribution in [3.63, 3.8) is 0 Å². The topological polar surface area (TPSA) is 77.8 Å². The fourth-order valence-corrected chi connectivity index (χ4v) is 4.42. The van der Waals surface area contributed by atoms with E-state index in [0.717, 1.165) is 4.88 Å². The number of thiophene rings is 1. The van der Waals surface area contributed by atoms with Gasteiger partial charge in [0.15, 0.2) is 0 Å². The van der Waals surface area contributed by atoms with E-state index in [-0.39, 0.29) is 34.2 Å². The van der Waals surface area contributed by atoms with Crippen LogP contribution in [0.1, 0.15) is 22.0 Å². The van der Waals surface area contributed by atoms with E-state index in [1.807, 2.05) is 17.5 Å². The summed E-state index contributed by atoms with van der Waals surface area (Å²) in [5, 5.41) is 23.0. The van der Waals surface area contributed by atoms with E-state index >= 15 is 0 Å². The Morgan fingerprint density at radius 1 is 1.03 bits per heavy atom. The summed E-state index contributed by atoms with van der Waals surface area (Å²) in [6.45, 7) is 0.214. The Hall–Kier alpha value is -2.80. The number of hydrogen-bond acceptors (Lipinski definition) is 5. The maximum atomic E-state index is 12.9. The van der Waals surface area contributed by atoms with Crippen LogP contribution in [0.3, 0.4) is 0 Å². The molecule has 3 aromatic rings. The zero-order valence-electron chi connectivity index (χ0n) is 15.4. The molecule has 1 unspecified atom stereocenters. The number of nitrogens with zero attached hydrogens (tertiary/aromatic N) is 1. The van der Waals surface area contributed by atoms with Crippen LogP contribution in [0.2, 0.25) is 10.0 Å². The second-order valence-electron chi connectivity index (χ2n) is 6.73. The number of likely N-dealkylation sites (tertiary alicyclic amines) is 1. The first kappa shape index (κ1) is 20.5. The number of carbonyl (C=O) groups excluding carboxylic acids is 2. The van der Waals surface area contributed by atoms with Gasteiger partial charge in [-0.15, -0.1) is 11.3 Å². The Morgan fingerprint density at radius 2 is 1.77 bits per heavy atom. The number of phenolic OH excluding ortho intramolecular Hbond substituents is 1. The van der Waals surface area contributed by atoms with Gasteiger partial charge in [0.1, 0.15) is 11.5 Å². The standard InChI is InChI=1S/C22H15Cl2NO4S/c23-16-8-5-13(10-17(16)24)20(27)18-19(12-3-6-14(26)7-4-12)25(22(29)21(18)28)11-15-2-1-9-30-15/h1-10,19,26-27H,11H2/b20-18-. The Balaban J connectivity index is 1.87. The molecule has 1 saturated heterocycles. The van der Waals surface area contributed by atoms with E-state index < -0.39 is 17.7 Å². The summed E-state index contributed by atoms with van der Waals surface area (Å²) in [5.41, 5.74) is 0.827. The number of aliphatic hydroxyl groups is 1. The van der Waals surface area contributed by atoms with Gasteiger partial charge < -0.3 is 15.1 Å². The highest BCUT2D eigenvalue weighted by molar-refractivity contribution is 7.09. The van der Waals surface area contributed by atoms with Gasteiger partial charge in [0.05, 0.1) is 28.2 Å². The number of hydrogen-bond donors (Lipinski definition) is 2. The number of ketones is 1. The molecule has 1 aliphatic rings. The lowest BCUT2D eigenvalue weighted by molar-refractivity contribution is -0.140. The Kier molecular flexibility index (Phi) is 5.56. The molecule has 30 heavy (non-hydrogen) atoms. The van der Waals surface area contributed by atoms with Gasteiger partial charge in [-0.2, -0.15) is 0 Å². The lowest BCUT2D eigenvalue weighted by atomic mass is 9.95. The molecule has 0 radical (unpaired) electrons. The first-order valence-corrected chi connectivity index (χ1v) is 10.6. The van der Waals surface area contributed by atoms with Crippen molar-refractivity contribution in [1.82, 2.24) is 4.90 Å². The number of carbonyl (C=O) groups is 2. The number of rotatable bonds is 4. The predicted molar refractivity (Wildman–Crippen MR) is 117 cm³/mol.